The molecule has 0 unspecified atom stereocenters. The van der Waals surface area contributed by atoms with Gasteiger partial charge in [-0.2, -0.15) is 0 Å². The highest BCUT2D eigenvalue weighted by Crippen LogP contribution is 2.24. The lowest BCUT2D eigenvalue weighted by Crippen LogP contribution is -1.78. The molecule has 0 aromatic heterocycles. The average Bonchev–Trinajstić information content (AvgIpc) is 2.28. The summed E-state index contributed by atoms with van der Waals surface area (Å²) in [5.41, 5.74) is 0. The Morgan fingerprint density at radius 1 is 1.12 bits per heavy atom. The maximum Gasteiger partial charge on any atom is 0.153 e. The second-order valence-corrected chi connectivity index (χ2v) is 4.52. The van der Waals surface area contributed by atoms with Crippen LogP contribution in [-0.2, 0) is 4.79 Å². The van der Waals surface area contributed by atoms with E-state index in [1.807, 2.05) is 17.5 Å². The molecule has 2 rings (SSSR count). The Hall–Kier alpha value is -1.54. The second kappa shape index (κ2) is 4.99. The molecule has 0 atom stereocenters. The van der Waals surface area contributed by atoms with Gasteiger partial charge in [-0.05, 0) is 41.3 Å². The van der Waals surface area contributed by atoms with Gasteiger partial charge < -0.3 is 0 Å². The summed E-state index contributed by atoms with van der Waals surface area (Å²) in [5.74, 6) is 0.0771. The van der Waals surface area contributed by atoms with Gasteiger partial charge in [-0.25, -0.2) is 0 Å². The maximum atomic E-state index is 10.7. The summed E-state index contributed by atoms with van der Waals surface area (Å²) >= 11 is 1.56. The number of benzene rings is 2. The van der Waals surface area contributed by atoms with E-state index in [0.717, 1.165) is 4.90 Å². The normalized spacial score (nSPS) is 11.1. The average molecular weight is 228 g/mol. The van der Waals surface area contributed by atoms with Crippen LogP contribution in [0, 0.1) is 0 Å². The van der Waals surface area contributed by atoms with E-state index >= 15 is 0 Å². The Balaban J connectivity index is 2.23. The molecular weight excluding hydrogens is 216 g/mol. The molecule has 2 heteroatoms. The van der Waals surface area contributed by atoms with E-state index in [4.69, 9.17) is 0 Å². The molecule has 2 aromatic carbocycles. The van der Waals surface area contributed by atoms with Gasteiger partial charge in [0.2, 0.25) is 0 Å². The largest absolute Gasteiger partial charge is 0.295 e. The first-order valence-electron chi connectivity index (χ1n) is 5.08. The number of hydrogen-bond acceptors (Lipinski definition) is 2. The highest BCUT2D eigenvalue weighted by atomic mass is 32.2. The van der Waals surface area contributed by atoms with Crippen LogP contribution in [0.4, 0.5) is 0 Å². The summed E-state index contributed by atoms with van der Waals surface area (Å²) < 4.78 is 0. The fraction of sp³-hybridized carbons (Fsp3) is 0.0714. The molecule has 0 radical (unpaired) electrons. The zero-order valence-electron chi connectivity index (χ0n) is 9.01. The predicted octanol–water partition coefficient (Wildman–Crippen LogP) is 4.03. The third kappa shape index (κ3) is 2.74. The van der Waals surface area contributed by atoms with Crippen LogP contribution in [0.25, 0.3) is 10.8 Å². The van der Waals surface area contributed by atoms with Crippen molar-refractivity contribution >= 4 is 28.3 Å². The number of thioether (sulfide) groups is 1. The van der Waals surface area contributed by atoms with E-state index in [1.54, 1.807) is 24.8 Å². The van der Waals surface area contributed by atoms with Crippen molar-refractivity contribution in [1.29, 1.82) is 0 Å². The minimum Gasteiger partial charge on any atom is -0.295 e. The molecule has 0 aliphatic heterocycles. The van der Waals surface area contributed by atoms with Crippen LogP contribution in [0.1, 0.15) is 6.92 Å². The molecule has 0 heterocycles. The van der Waals surface area contributed by atoms with Crippen LogP contribution < -0.4 is 0 Å². The van der Waals surface area contributed by atoms with E-state index in [-0.39, 0.29) is 5.78 Å². The fourth-order valence-electron chi connectivity index (χ4n) is 1.45. The zero-order chi connectivity index (χ0) is 11.4. The highest BCUT2D eigenvalue weighted by Gasteiger charge is 1.94. The summed E-state index contributed by atoms with van der Waals surface area (Å²) in [6.07, 6.45) is 1.58. The van der Waals surface area contributed by atoms with Crippen molar-refractivity contribution in [2.24, 2.45) is 0 Å². The Bertz CT molecular complexity index is 543. The van der Waals surface area contributed by atoms with Gasteiger partial charge in [0.1, 0.15) is 0 Å². The number of ketones is 1. The lowest BCUT2D eigenvalue weighted by Gasteiger charge is -2.00. The van der Waals surface area contributed by atoms with E-state index < -0.39 is 0 Å². The second-order valence-electron chi connectivity index (χ2n) is 3.54. The zero-order valence-corrected chi connectivity index (χ0v) is 9.83. The third-order valence-electron chi connectivity index (χ3n) is 2.23. The summed E-state index contributed by atoms with van der Waals surface area (Å²) in [5, 5.41) is 4.29. The Morgan fingerprint density at radius 3 is 2.62 bits per heavy atom. The third-order valence-corrected chi connectivity index (χ3v) is 3.03. The molecule has 0 fully saturated rings. The Morgan fingerprint density at radius 2 is 1.88 bits per heavy atom. The van der Waals surface area contributed by atoms with Gasteiger partial charge in [-0.1, -0.05) is 42.1 Å². The van der Waals surface area contributed by atoms with Gasteiger partial charge in [-0.15, -0.1) is 0 Å². The molecule has 2 aromatic rings. The molecular formula is C14H12OS. The van der Waals surface area contributed by atoms with Crippen LogP contribution in [-0.4, -0.2) is 5.78 Å². The molecule has 0 spiro atoms. The number of rotatable bonds is 3. The minimum atomic E-state index is 0.0771. The molecule has 16 heavy (non-hydrogen) atoms. The summed E-state index contributed by atoms with van der Waals surface area (Å²) in [7, 11) is 0. The first-order valence-corrected chi connectivity index (χ1v) is 5.96. The first kappa shape index (κ1) is 11.0. The molecule has 0 saturated heterocycles. The molecule has 0 N–H and O–H groups in total. The quantitative estimate of drug-likeness (QED) is 0.582. The molecule has 0 aliphatic rings. The molecule has 0 amide bonds. The van der Waals surface area contributed by atoms with Gasteiger partial charge in [0.25, 0.3) is 0 Å². The number of allylic oxidation sites excluding steroid dienone is 1. The van der Waals surface area contributed by atoms with E-state index in [2.05, 4.69) is 30.3 Å². The lowest BCUT2D eigenvalue weighted by atomic mass is 10.1. The van der Waals surface area contributed by atoms with Crippen molar-refractivity contribution in [3.63, 3.8) is 0 Å². The highest BCUT2D eigenvalue weighted by molar-refractivity contribution is 8.02. The minimum absolute atomic E-state index is 0.0771. The van der Waals surface area contributed by atoms with Gasteiger partial charge in [0.15, 0.2) is 5.78 Å². The molecule has 80 valence electrons. The predicted molar refractivity (Wildman–Crippen MR) is 69.6 cm³/mol. The lowest BCUT2D eigenvalue weighted by molar-refractivity contribution is -0.112. The fourth-order valence-corrected chi connectivity index (χ4v) is 2.21. The number of carbonyl (C=O) groups is 1. The maximum absolute atomic E-state index is 10.7. The van der Waals surface area contributed by atoms with Gasteiger partial charge in [-0.3, -0.25) is 4.79 Å². The van der Waals surface area contributed by atoms with Crippen LogP contribution in [0.2, 0.25) is 0 Å². The molecule has 0 saturated carbocycles. The smallest absolute Gasteiger partial charge is 0.153 e. The topological polar surface area (TPSA) is 17.1 Å². The van der Waals surface area contributed by atoms with E-state index in [0.29, 0.717) is 0 Å². The Labute approximate surface area is 99.2 Å². The molecule has 0 aliphatic carbocycles. The summed E-state index contributed by atoms with van der Waals surface area (Å²) in [6, 6.07) is 14.5. The molecule has 0 bridgehead atoms. The van der Waals surface area contributed by atoms with Crippen molar-refractivity contribution in [3.05, 3.63) is 53.9 Å². The van der Waals surface area contributed by atoms with Gasteiger partial charge in [0, 0.05) is 4.90 Å². The first-order chi connectivity index (χ1) is 7.75. The van der Waals surface area contributed by atoms with Gasteiger partial charge >= 0.3 is 0 Å². The van der Waals surface area contributed by atoms with Crippen molar-refractivity contribution < 1.29 is 4.79 Å². The van der Waals surface area contributed by atoms with Gasteiger partial charge in [0.05, 0.1) is 0 Å². The molecule has 1 nitrogen and oxygen atoms in total. The van der Waals surface area contributed by atoms with Crippen LogP contribution in [0.15, 0.2) is 58.8 Å². The number of hydrogen-bond donors (Lipinski definition) is 0. The van der Waals surface area contributed by atoms with Crippen LogP contribution >= 0.6 is 11.8 Å². The van der Waals surface area contributed by atoms with Crippen molar-refractivity contribution in [2.75, 3.05) is 0 Å². The van der Waals surface area contributed by atoms with E-state index in [9.17, 15) is 4.79 Å². The number of fused-ring (bicyclic) bond motifs is 1. The van der Waals surface area contributed by atoms with Crippen LogP contribution in [0.3, 0.4) is 0 Å². The van der Waals surface area contributed by atoms with Crippen molar-refractivity contribution in [2.45, 2.75) is 11.8 Å². The standard InChI is InChI=1S/C14H12OS/c1-11(15)8-9-16-14-7-6-12-4-2-3-5-13(12)10-14/h2-10H,1H3. The van der Waals surface area contributed by atoms with Crippen molar-refractivity contribution in [1.82, 2.24) is 0 Å². The SMILES string of the molecule is CC(=O)C=CSc1ccc2ccccc2c1. The Kier molecular flexibility index (Phi) is 3.42. The number of carbonyl (C=O) groups excluding carboxylic acids is 1. The summed E-state index contributed by atoms with van der Waals surface area (Å²) in [6.45, 7) is 1.55. The summed E-state index contributed by atoms with van der Waals surface area (Å²) in [4.78, 5) is 11.9. The monoisotopic (exact) mass is 228 g/mol. The van der Waals surface area contributed by atoms with Crippen molar-refractivity contribution in [3.8, 4) is 0 Å². The van der Waals surface area contributed by atoms with Crippen LogP contribution in [0.5, 0.6) is 0 Å². The van der Waals surface area contributed by atoms with E-state index in [1.165, 1.54) is 10.8 Å².